The third-order valence-corrected chi connectivity index (χ3v) is 5.77. The number of benzene rings is 2. The normalized spacial score (nSPS) is 16.4. The average Bonchev–Trinajstić information content (AvgIpc) is 3.40. The van der Waals surface area contributed by atoms with Crippen LogP contribution in [-0.4, -0.2) is 59.1 Å². The topological polar surface area (TPSA) is 86.8 Å². The molecule has 0 spiro atoms. The molecule has 1 fully saturated rings. The fourth-order valence-corrected chi connectivity index (χ4v) is 4.13. The largest absolute Gasteiger partial charge is 0.344 e. The first kappa shape index (κ1) is 20.8. The van der Waals surface area contributed by atoms with Crippen LogP contribution in [0.4, 0.5) is 0 Å². The van der Waals surface area contributed by atoms with Crippen LogP contribution in [0.1, 0.15) is 45.5 Å². The van der Waals surface area contributed by atoms with Gasteiger partial charge in [-0.15, -0.1) is 0 Å². The van der Waals surface area contributed by atoms with Crippen molar-refractivity contribution >= 4 is 23.6 Å². The van der Waals surface area contributed by atoms with Crippen LogP contribution >= 0.6 is 0 Å². The SMILES string of the molecule is O=C(CCN1C(=O)c2ccccc2C1=O)NC(Cc1ccccc1)C(=O)N1CCCC1. The summed E-state index contributed by atoms with van der Waals surface area (Å²) in [7, 11) is 0. The van der Waals surface area contributed by atoms with Crippen molar-refractivity contribution in [1.29, 1.82) is 0 Å². The van der Waals surface area contributed by atoms with E-state index in [0.717, 1.165) is 23.3 Å². The summed E-state index contributed by atoms with van der Waals surface area (Å²) in [5.74, 6) is -1.22. The molecule has 7 heteroatoms. The second-order valence-corrected chi connectivity index (χ2v) is 7.90. The fourth-order valence-electron chi connectivity index (χ4n) is 4.13. The molecule has 0 aromatic heterocycles. The third-order valence-electron chi connectivity index (χ3n) is 5.77. The van der Waals surface area contributed by atoms with Crippen molar-refractivity contribution in [2.45, 2.75) is 31.7 Å². The fraction of sp³-hybridized carbons (Fsp3) is 0.333. The number of carbonyl (C=O) groups excluding carboxylic acids is 4. The number of rotatable bonds is 7. The Morgan fingerprint density at radius 1 is 0.871 bits per heavy atom. The summed E-state index contributed by atoms with van der Waals surface area (Å²) in [5.41, 5.74) is 1.68. The predicted octanol–water partition coefficient (Wildman–Crippen LogP) is 2.02. The maximum atomic E-state index is 13.0. The zero-order valence-corrected chi connectivity index (χ0v) is 17.3. The highest BCUT2D eigenvalue weighted by Gasteiger charge is 2.35. The van der Waals surface area contributed by atoms with Gasteiger partial charge in [0.1, 0.15) is 6.04 Å². The molecule has 1 atom stereocenters. The maximum absolute atomic E-state index is 13.0. The van der Waals surface area contributed by atoms with Crippen LogP contribution in [-0.2, 0) is 16.0 Å². The van der Waals surface area contributed by atoms with E-state index in [1.807, 2.05) is 30.3 Å². The Bertz CT molecular complexity index is 964. The molecule has 4 amide bonds. The molecule has 0 radical (unpaired) electrons. The molecule has 1 saturated heterocycles. The second-order valence-electron chi connectivity index (χ2n) is 7.90. The molecule has 0 saturated carbocycles. The number of nitrogens with one attached hydrogen (secondary N) is 1. The number of fused-ring (bicyclic) bond motifs is 1. The van der Waals surface area contributed by atoms with Crippen molar-refractivity contribution < 1.29 is 19.2 Å². The Balaban J connectivity index is 1.40. The van der Waals surface area contributed by atoms with Crippen molar-refractivity contribution in [3.8, 4) is 0 Å². The summed E-state index contributed by atoms with van der Waals surface area (Å²) in [6.45, 7) is 1.39. The van der Waals surface area contributed by atoms with E-state index in [2.05, 4.69) is 5.32 Å². The molecule has 4 rings (SSSR count). The molecule has 2 aliphatic heterocycles. The Kier molecular flexibility index (Phi) is 6.11. The van der Waals surface area contributed by atoms with Crippen LogP contribution in [0.3, 0.4) is 0 Å². The molecule has 2 aromatic carbocycles. The minimum absolute atomic E-state index is 0.0197. The zero-order valence-electron chi connectivity index (χ0n) is 17.3. The molecule has 2 aliphatic rings. The summed E-state index contributed by atoms with van der Waals surface area (Å²) in [6, 6.07) is 15.5. The quantitative estimate of drug-likeness (QED) is 0.696. The van der Waals surface area contributed by atoms with Crippen LogP contribution in [0.5, 0.6) is 0 Å². The number of likely N-dealkylation sites (tertiary alicyclic amines) is 1. The first-order valence-corrected chi connectivity index (χ1v) is 10.6. The Morgan fingerprint density at radius 2 is 1.45 bits per heavy atom. The van der Waals surface area contributed by atoms with E-state index in [4.69, 9.17) is 0 Å². The van der Waals surface area contributed by atoms with Crippen LogP contribution in [0.15, 0.2) is 54.6 Å². The Hall–Kier alpha value is -3.48. The molecule has 31 heavy (non-hydrogen) atoms. The highest BCUT2D eigenvalue weighted by molar-refractivity contribution is 6.21. The molecule has 1 unspecified atom stereocenters. The van der Waals surface area contributed by atoms with Crippen LogP contribution < -0.4 is 5.32 Å². The number of hydrogen-bond acceptors (Lipinski definition) is 4. The van der Waals surface area contributed by atoms with Gasteiger partial charge in [0, 0.05) is 32.5 Å². The van der Waals surface area contributed by atoms with Crippen molar-refractivity contribution in [3.05, 3.63) is 71.3 Å². The molecule has 0 aliphatic carbocycles. The lowest BCUT2D eigenvalue weighted by Crippen LogP contribution is -2.49. The van der Waals surface area contributed by atoms with Gasteiger partial charge in [-0.1, -0.05) is 42.5 Å². The van der Waals surface area contributed by atoms with Gasteiger partial charge < -0.3 is 10.2 Å². The molecular weight excluding hydrogens is 394 g/mol. The number of hydrogen-bond donors (Lipinski definition) is 1. The lowest BCUT2D eigenvalue weighted by Gasteiger charge is -2.24. The molecule has 1 N–H and O–H groups in total. The van der Waals surface area contributed by atoms with Crippen molar-refractivity contribution in [3.63, 3.8) is 0 Å². The number of nitrogens with zero attached hydrogens (tertiary/aromatic N) is 2. The van der Waals surface area contributed by atoms with E-state index in [9.17, 15) is 19.2 Å². The highest BCUT2D eigenvalue weighted by Crippen LogP contribution is 2.22. The smallest absolute Gasteiger partial charge is 0.261 e. The van der Waals surface area contributed by atoms with Gasteiger partial charge in [-0.3, -0.25) is 24.1 Å². The average molecular weight is 419 g/mol. The van der Waals surface area contributed by atoms with Gasteiger partial charge >= 0.3 is 0 Å². The van der Waals surface area contributed by atoms with E-state index in [0.29, 0.717) is 30.6 Å². The number of imide groups is 1. The Labute approximate surface area is 181 Å². The van der Waals surface area contributed by atoms with Gasteiger partial charge in [0.15, 0.2) is 0 Å². The minimum Gasteiger partial charge on any atom is -0.344 e. The van der Waals surface area contributed by atoms with Crippen molar-refractivity contribution in [1.82, 2.24) is 15.1 Å². The van der Waals surface area contributed by atoms with Gasteiger partial charge in [0.2, 0.25) is 11.8 Å². The molecule has 2 heterocycles. The van der Waals surface area contributed by atoms with Crippen molar-refractivity contribution in [2.75, 3.05) is 19.6 Å². The number of amides is 4. The number of carbonyl (C=O) groups is 4. The van der Waals surface area contributed by atoms with Gasteiger partial charge in [-0.2, -0.15) is 0 Å². The van der Waals surface area contributed by atoms with Crippen LogP contribution in [0.2, 0.25) is 0 Å². The van der Waals surface area contributed by atoms with Gasteiger partial charge in [-0.05, 0) is 30.5 Å². The van der Waals surface area contributed by atoms with Gasteiger partial charge in [0.25, 0.3) is 11.8 Å². The molecule has 7 nitrogen and oxygen atoms in total. The third kappa shape index (κ3) is 4.50. The standard InChI is InChI=1S/C24H25N3O4/c28-21(12-15-27-22(29)18-10-4-5-11-19(18)23(27)30)25-20(16-17-8-2-1-3-9-17)24(31)26-13-6-7-14-26/h1-5,8-11,20H,6-7,12-16H2,(H,25,28). The summed E-state index contributed by atoms with van der Waals surface area (Å²) >= 11 is 0. The summed E-state index contributed by atoms with van der Waals surface area (Å²) < 4.78 is 0. The van der Waals surface area contributed by atoms with Crippen LogP contribution in [0, 0.1) is 0 Å². The first-order chi connectivity index (χ1) is 15.0. The maximum Gasteiger partial charge on any atom is 0.261 e. The lowest BCUT2D eigenvalue weighted by molar-refractivity contribution is -0.135. The predicted molar refractivity (Wildman–Crippen MR) is 114 cm³/mol. The highest BCUT2D eigenvalue weighted by atomic mass is 16.2. The molecule has 160 valence electrons. The zero-order chi connectivity index (χ0) is 21.8. The molecular formula is C24H25N3O4. The van der Waals surface area contributed by atoms with E-state index >= 15 is 0 Å². The molecule has 0 bridgehead atoms. The first-order valence-electron chi connectivity index (χ1n) is 10.6. The van der Waals surface area contributed by atoms with E-state index in [1.165, 1.54) is 0 Å². The summed E-state index contributed by atoms with van der Waals surface area (Å²) in [6.07, 6.45) is 2.29. The minimum atomic E-state index is -0.671. The van der Waals surface area contributed by atoms with E-state index in [1.54, 1.807) is 29.2 Å². The molecule has 2 aromatic rings. The van der Waals surface area contributed by atoms with Crippen molar-refractivity contribution in [2.24, 2.45) is 0 Å². The van der Waals surface area contributed by atoms with Gasteiger partial charge in [0.05, 0.1) is 11.1 Å². The Morgan fingerprint density at radius 3 is 2.06 bits per heavy atom. The second kappa shape index (κ2) is 9.12. The van der Waals surface area contributed by atoms with Gasteiger partial charge in [-0.25, -0.2) is 0 Å². The monoisotopic (exact) mass is 419 g/mol. The summed E-state index contributed by atoms with van der Waals surface area (Å²) in [4.78, 5) is 53.5. The van der Waals surface area contributed by atoms with Crippen LogP contribution in [0.25, 0.3) is 0 Å². The summed E-state index contributed by atoms with van der Waals surface area (Å²) in [5, 5.41) is 2.84. The lowest BCUT2D eigenvalue weighted by atomic mass is 10.0. The van der Waals surface area contributed by atoms with E-state index in [-0.39, 0.29) is 36.6 Å². The van der Waals surface area contributed by atoms with E-state index < -0.39 is 6.04 Å².